The average molecular weight is 255 g/mol. The second kappa shape index (κ2) is 5.99. The first kappa shape index (κ1) is 13.2. The van der Waals surface area contributed by atoms with Crippen molar-refractivity contribution in [3.63, 3.8) is 0 Å². The van der Waals surface area contributed by atoms with Gasteiger partial charge in [0.2, 0.25) is 0 Å². The van der Waals surface area contributed by atoms with Gasteiger partial charge in [-0.15, -0.1) is 23.7 Å². The lowest BCUT2D eigenvalue weighted by Crippen LogP contribution is -2.04. The Kier molecular flexibility index (Phi) is 4.93. The van der Waals surface area contributed by atoms with Crippen LogP contribution >= 0.6 is 23.7 Å². The summed E-state index contributed by atoms with van der Waals surface area (Å²) in [6, 6.07) is 10.3. The minimum absolute atomic E-state index is 0. The number of thiazole rings is 1. The van der Waals surface area contributed by atoms with Crippen LogP contribution in [-0.4, -0.2) is 12.0 Å². The molecule has 0 saturated heterocycles. The zero-order valence-electron chi connectivity index (χ0n) is 9.36. The van der Waals surface area contributed by atoms with Crippen molar-refractivity contribution >= 4 is 23.7 Å². The smallest absolute Gasteiger partial charge is 0.107 e. The summed E-state index contributed by atoms with van der Waals surface area (Å²) in [5, 5.41) is 4.27. The predicted octanol–water partition coefficient (Wildman–Crippen LogP) is 3.26. The van der Waals surface area contributed by atoms with E-state index in [0.29, 0.717) is 0 Å². The molecule has 0 unspecified atom stereocenters. The molecule has 0 saturated carbocycles. The van der Waals surface area contributed by atoms with Gasteiger partial charge in [0, 0.05) is 17.0 Å². The van der Waals surface area contributed by atoms with E-state index >= 15 is 0 Å². The van der Waals surface area contributed by atoms with Gasteiger partial charge in [-0.3, -0.25) is 0 Å². The lowest BCUT2D eigenvalue weighted by Gasteiger charge is -1.96. The van der Waals surface area contributed by atoms with E-state index in [-0.39, 0.29) is 12.4 Å². The molecule has 0 fully saturated rings. The van der Waals surface area contributed by atoms with Gasteiger partial charge in [0.1, 0.15) is 5.01 Å². The third-order valence-electron chi connectivity index (χ3n) is 2.22. The van der Waals surface area contributed by atoms with Gasteiger partial charge < -0.3 is 5.32 Å². The molecule has 0 aliphatic carbocycles. The lowest BCUT2D eigenvalue weighted by molar-refractivity contribution is 0.811. The van der Waals surface area contributed by atoms with E-state index in [0.717, 1.165) is 17.2 Å². The molecule has 2 aromatic rings. The van der Waals surface area contributed by atoms with Gasteiger partial charge in [-0.1, -0.05) is 30.3 Å². The van der Waals surface area contributed by atoms with Crippen LogP contribution in [0.3, 0.4) is 0 Å². The summed E-state index contributed by atoms with van der Waals surface area (Å²) in [4.78, 5) is 5.91. The second-order valence-electron chi connectivity index (χ2n) is 3.41. The summed E-state index contributed by atoms with van der Waals surface area (Å²) in [7, 11) is 1.94. The maximum absolute atomic E-state index is 4.63. The van der Waals surface area contributed by atoms with Crippen molar-refractivity contribution in [2.75, 3.05) is 7.05 Å². The molecule has 0 bridgehead atoms. The number of aryl methyl sites for hydroxylation is 1. The molecule has 86 valence electrons. The number of hydrogen-bond acceptors (Lipinski definition) is 3. The number of nitrogens with zero attached hydrogens (tertiary/aromatic N) is 1. The Hall–Kier alpha value is -0.900. The van der Waals surface area contributed by atoms with Gasteiger partial charge >= 0.3 is 0 Å². The molecule has 16 heavy (non-hydrogen) atoms. The highest BCUT2D eigenvalue weighted by molar-refractivity contribution is 7.12. The molecule has 0 radical (unpaired) electrons. The Morgan fingerprint density at radius 1 is 1.25 bits per heavy atom. The van der Waals surface area contributed by atoms with Gasteiger partial charge in [-0.2, -0.15) is 0 Å². The molecule has 2 rings (SSSR count). The molecule has 1 N–H and O–H groups in total. The fourth-order valence-corrected chi connectivity index (χ4v) is 2.51. The first-order chi connectivity index (χ1) is 7.31. The Bertz CT molecular complexity index is 440. The molecule has 0 amide bonds. The highest BCUT2D eigenvalue weighted by Gasteiger charge is 2.08. The van der Waals surface area contributed by atoms with Gasteiger partial charge in [0.05, 0.1) is 5.69 Å². The molecule has 2 nitrogen and oxygen atoms in total. The van der Waals surface area contributed by atoms with Crippen LogP contribution in [0.25, 0.3) is 11.3 Å². The van der Waals surface area contributed by atoms with Crippen molar-refractivity contribution in [2.24, 2.45) is 0 Å². The summed E-state index contributed by atoms with van der Waals surface area (Å²) in [6.07, 6.45) is 0. The highest BCUT2D eigenvalue weighted by Crippen LogP contribution is 2.26. The van der Waals surface area contributed by atoms with E-state index in [9.17, 15) is 0 Å². The van der Waals surface area contributed by atoms with E-state index in [4.69, 9.17) is 0 Å². The van der Waals surface area contributed by atoms with E-state index < -0.39 is 0 Å². The molecule has 1 aromatic carbocycles. The van der Waals surface area contributed by atoms with Crippen molar-refractivity contribution in [3.8, 4) is 11.3 Å². The second-order valence-corrected chi connectivity index (χ2v) is 4.70. The van der Waals surface area contributed by atoms with Crippen LogP contribution in [0.2, 0.25) is 0 Å². The zero-order valence-corrected chi connectivity index (χ0v) is 11.0. The molecule has 4 heteroatoms. The van der Waals surface area contributed by atoms with E-state index in [1.54, 1.807) is 11.3 Å². The van der Waals surface area contributed by atoms with Crippen LogP contribution in [-0.2, 0) is 6.54 Å². The third-order valence-corrected chi connectivity index (χ3v) is 3.19. The quantitative estimate of drug-likeness (QED) is 0.910. The summed E-state index contributed by atoms with van der Waals surface area (Å²) < 4.78 is 0. The minimum Gasteiger partial charge on any atom is -0.314 e. The van der Waals surface area contributed by atoms with Crippen molar-refractivity contribution in [2.45, 2.75) is 13.5 Å². The first-order valence-electron chi connectivity index (χ1n) is 4.97. The lowest BCUT2D eigenvalue weighted by atomic mass is 10.1. The number of benzene rings is 1. The number of halogens is 1. The van der Waals surface area contributed by atoms with E-state index in [2.05, 4.69) is 29.4 Å². The van der Waals surface area contributed by atoms with Crippen LogP contribution in [0.5, 0.6) is 0 Å². The van der Waals surface area contributed by atoms with Crippen LogP contribution in [0.15, 0.2) is 30.3 Å². The van der Waals surface area contributed by atoms with Gasteiger partial charge in [0.15, 0.2) is 0 Å². The monoisotopic (exact) mass is 254 g/mol. The summed E-state index contributed by atoms with van der Waals surface area (Å²) in [6.45, 7) is 2.97. The van der Waals surface area contributed by atoms with Gasteiger partial charge in [-0.05, 0) is 14.0 Å². The fraction of sp³-hybridized carbons (Fsp3) is 0.250. The third kappa shape index (κ3) is 2.82. The van der Waals surface area contributed by atoms with Crippen LogP contribution < -0.4 is 5.32 Å². The Labute approximate surface area is 106 Å². The number of aromatic nitrogens is 1. The van der Waals surface area contributed by atoms with Crippen molar-refractivity contribution in [3.05, 3.63) is 40.2 Å². The molecular weight excluding hydrogens is 240 g/mol. The normalized spacial score (nSPS) is 9.88. The van der Waals surface area contributed by atoms with Crippen LogP contribution in [0, 0.1) is 6.92 Å². The molecule has 1 heterocycles. The maximum atomic E-state index is 4.63. The first-order valence-corrected chi connectivity index (χ1v) is 5.79. The van der Waals surface area contributed by atoms with Crippen LogP contribution in [0.1, 0.15) is 9.88 Å². The Morgan fingerprint density at radius 2 is 1.94 bits per heavy atom. The molecule has 0 spiro atoms. The number of hydrogen-bond donors (Lipinski definition) is 1. The van der Waals surface area contributed by atoms with Gasteiger partial charge in [-0.25, -0.2) is 4.98 Å². The molecule has 1 aromatic heterocycles. The average Bonchev–Trinajstić information content (AvgIpc) is 2.61. The predicted molar refractivity (Wildman–Crippen MR) is 72.3 cm³/mol. The van der Waals surface area contributed by atoms with Crippen molar-refractivity contribution in [1.29, 1.82) is 0 Å². The number of nitrogens with one attached hydrogen (secondary N) is 1. The number of rotatable bonds is 3. The molecule has 0 atom stereocenters. The van der Waals surface area contributed by atoms with Crippen molar-refractivity contribution < 1.29 is 0 Å². The highest BCUT2D eigenvalue weighted by atomic mass is 35.5. The largest absolute Gasteiger partial charge is 0.314 e. The van der Waals surface area contributed by atoms with E-state index in [1.165, 1.54) is 10.4 Å². The Morgan fingerprint density at radius 3 is 2.56 bits per heavy atom. The summed E-state index contributed by atoms with van der Waals surface area (Å²) in [5.41, 5.74) is 2.32. The Balaban J connectivity index is 0.00000128. The summed E-state index contributed by atoms with van der Waals surface area (Å²) >= 11 is 1.76. The standard InChI is InChI=1S/C12H14N2S.ClH/c1-9-12(10-6-4-3-5-7-10)14-11(15-9)8-13-2;/h3-7,13H,8H2,1-2H3;1H. The van der Waals surface area contributed by atoms with E-state index in [1.807, 2.05) is 25.2 Å². The molecule has 0 aliphatic rings. The molecule has 0 aliphatic heterocycles. The van der Waals surface area contributed by atoms with Crippen molar-refractivity contribution in [1.82, 2.24) is 10.3 Å². The van der Waals surface area contributed by atoms with Crippen LogP contribution in [0.4, 0.5) is 0 Å². The fourth-order valence-electron chi connectivity index (χ4n) is 1.54. The van der Waals surface area contributed by atoms with Gasteiger partial charge in [0.25, 0.3) is 0 Å². The molecular formula is C12H15ClN2S. The zero-order chi connectivity index (χ0) is 10.7. The topological polar surface area (TPSA) is 24.9 Å². The SMILES string of the molecule is CNCc1nc(-c2ccccc2)c(C)s1.Cl. The summed E-state index contributed by atoms with van der Waals surface area (Å²) in [5.74, 6) is 0. The minimum atomic E-state index is 0. The maximum Gasteiger partial charge on any atom is 0.107 e.